The minimum atomic E-state index is -0.284. The summed E-state index contributed by atoms with van der Waals surface area (Å²) in [5.74, 6) is -0.377. The third-order valence-corrected chi connectivity index (χ3v) is 3.78. The Morgan fingerprint density at radius 3 is 2.76 bits per heavy atom. The van der Waals surface area contributed by atoms with Gasteiger partial charge in [0.25, 0.3) is 5.91 Å². The van der Waals surface area contributed by atoms with E-state index in [9.17, 15) is 9.18 Å². The second-order valence-corrected chi connectivity index (χ2v) is 5.31. The minimum absolute atomic E-state index is 0.0933. The Balaban J connectivity index is 1.78. The summed E-state index contributed by atoms with van der Waals surface area (Å²) in [6.07, 6.45) is 5.52. The predicted molar refractivity (Wildman–Crippen MR) is 79.5 cm³/mol. The van der Waals surface area contributed by atoms with Crippen LogP contribution in [-0.2, 0) is 0 Å². The smallest absolute Gasteiger partial charge is 0.253 e. The first-order valence-corrected chi connectivity index (χ1v) is 7.18. The molecule has 1 amide bonds. The minimum Gasteiger partial charge on any atom is -0.366 e. The van der Waals surface area contributed by atoms with Crippen LogP contribution >= 0.6 is 0 Å². The van der Waals surface area contributed by atoms with Gasteiger partial charge in [0.1, 0.15) is 5.82 Å². The Morgan fingerprint density at radius 2 is 2.05 bits per heavy atom. The maximum absolute atomic E-state index is 13.0. The Hall–Kier alpha value is -2.14. The molecule has 1 aliphatic heterocycles. The number of piperidine rings is 1. The number of hydrogen-bond donors (Lipinski definition) is 3. The molecule has 1 saturated heterocycles. The van der Waals surface area contributed by atoms with E-state index in [1.54, 1.807) is 24.5 Å². The van der Waals surface area contributed by atoms with Gasteiger partial charge in [-0.3, -0.25) is 4.79 Å². The van der Waals surface area contributed by atoms with Crippen molar-refractivity contribution < 1.29 is 9.18 Å². The highest BCUT2D eigenvalue weighted by atomic mass is 19.1. The fourth-order valence-electron chi connectivity index (χ4n) is 2.66. The molecule has 5 heteroatoms. The number of amides is 1. The summed E-state index contributed by atoms with van der Waals surface area (Å²) in [5.41, 5.74) is 2.20. The normalized spacial score (nSPS) is 18.4. The van der Waals surface area contributed by atoms with Crippen LogP contribution in [0.25, 0.3) is 11.1 Å². The number of aromatic nitrogens is 1. The van der Waals surface area contributed by atoms with E-state index in [1.807, 2.05) is 0 Å². The van der Waals surface area contributed by atoms with Crippen LogP contribution in [0.5, 0.6) is 0 Å². The van der Waals surface area contributed by atoms with Crippen LogP contribution in [0.2, 0.25) is 0 Å². The number of H-pyrrole nitrogens is 1. The Bertz CT molecular complexity index is 615. The molecule has 1 fully saturated rings. The third-order valence-electron chi connectivity index (χ3n) is 3.78. The van der Waals surface area contributed by atoms with Crippen molar-refractivity contribution in [1.82, 2.24) is 15.6 Å². The highest BCUT2D eigenvalue weighted by Gasteiger charge is 2.19. The molecule has 0 saturated carbocycles. The van der Waals surface area contributed by atoms with E-state index in [0.717, 1.165) is 37.1 Å². The van der Waals surface area contributed by atoms with Gasteiger partial charge in [-0.2, -0.15) is 0 Å². The lowest BCUT2D eigenvalue weighted by Crippen LogP contribution is -2.45. The molecule has 3 N–H and O–H groups in total. The average molecular weight is 287 g/mol. The lowest BCUT2D eigenvalue weighted by Gasteiger charge is -2.23. The zero-order valence-electron chi connectivity index (χ0n) is 11.7. The molecule has 1 unspecified atom stereocenters. The van der Waals surface area contributed by atoms with Crippen molar-refractivity contribution in [2.45, 2.75) is 18.9 Å². The number of nitrogens with one attached hydrogen (secondary N) is 3. The fraction of sp³-hybridized carbons (Fsp3) is 0.312. The Morgan fingerprint density at radius 1 is 1.24 bits per heavy atom. The number of hydrogen-bond acceptors (Lipinski definition) is 2. The molecular weight excluding hydrogens is 269 g/mol. The molecule has 1 atom stereocenters. The first-order valence-electron chi connectivity index (χ1n) is 7.18. The molecule has 2 aromatic rings. The van der Waals surface area contributed by atoms with E-state index in [4.69, 9.17) is 0 Å². The number of rotatable bonds is 3. The predicted octanol–water partition coefficient (Wildman–Crippen LogP) is 2.30. The molecule has 0 radical (unpaired) electrons. The molecule has 1 aliphatic rings. The summed E-state index contributed by atoms with van der Waals surface area (Å²) < 4.78 is 13.0. The number of carbonyl (C=O) groups is 1. The van der Waals surface area contributed by atoms with Gasteiger partial charge in [-0.25, -0.2) is 4.39 Å². The summed E-state index contributed by atoms with van der Waals surface area (Å²) >= 11 is 0. The zero-order chi connectivity index (χ0) is 14.7. The molecule has 0 bridgehead atoms. The highest BCUT2D eigenvalue weighted by Crippen LogP contribution is 2.24. The van der Waals surface area contributed by atoms with Gasteiger partial charge in [0.15, 0.2) is 0 Å². The third kappa shape index (κ3) is 3.13. The number of aromatic amines is 1. The molecule has 3 rings (SSSR count). The van der Waals surface area contributed by atoms with Crippen molar-refractivity contribution in [3.05, 3.63) is 48.0 Å². The molecule has 1 aromatic heterocycles. The van der Waals surface area contributed by atoms with E-state index in [1.165, 1.54) is 12.1 Å². The van der Waals surface area contributed by atoms with E-state index in [2.05, 4.69) is 15.6 Å². The monoisotopic (exact) mass is 287 g/mol. The molecule has 21 heavy (non-hydrogen) atoms. The van der Waals surface area contributed by atoms with Crippen LogP contribution < -0.4 is 10.6 Å². The second kappa shape index (κ2) is 6.10. The van der Waals surface area contributed by atoms with Crippen LogP contribution in [0, 0.1) is 5.82 Å². The van der Waals surface area contributed by atoms with Crippen molar-refractivity contribution in [2.75, 3.05) is 13.1 Å². The molecule has 2 heterocycles. The number of benzene rings is 1. The van der Waals surface area contributed by atoms with Crippen LogP contribution in [-0.4, -0.2) is 30.0 Å². The lowest BCUT2D eigenvalue weighted by molar-refractivity contribution is 0.0931. The summed E-state index contributed by atoms with van der Waals surface area (Å²) in [5, 5.41) is 6.32. The summed E-state index contributed by atoms with van der Waals surface area (Å²) in [7, 11) is 0. The fourth-order valence-corrected chi connectivity index (χ4v) is 2.66. The van der Waals surface area contributed by atoms with Crippen molar-refractivity contribution >= 4 is 5.91 Å². The van der Waals surface area contributed by atoms with Gasteiger partial charge in [0.05, 0.1) is 5.56 Å². The Labute approximate surface area is 122 Å². The van der Waals surface area contributed by atoms with E-state index in [0.29, 0.717) is 5.56 Å². The first-order chi connectivity index (χ1) is 10.2. The van der Waals surface area contributed by atoms with Gasteiger partial charge in [-0.05, 0) is 37.1 Å². The lowest BCUT2D eigenvalue weighted by atomic mass is 10.0. The zero-order valence-corrected chi connectivity index (χ0v) is 11.7. The summed E-state index contributed by atoms with van der Waals surface area (Å²) in [4.78, 5) is 15.4. The largest absolute Gasteiger partial charge is 0.366 e. The van der Waals surface area contributed by atoms with Gasteiger partial charge in [0, 0.05) is 30.5 Å². The maximum atomic E-state index is 13.0. The Kier molecular flexibility index (Phi) is 4.01. The van der Waals surface area contributed by atoms with Crippen LogP contribution in [0.3, 0.4) is 0 Å². The van der Waals surface area contributed by atoms with Gasteiger partial charge >= 0.3 is 0 Å². The van der Waals surface area contributed by atoms with Crippen molar-refractivity contribution in [3.63, 3.8) is 0 Å². The number of halogens is 1. The molecular formula is C16H18FN3O. The SMILES string of the molecule is O=C(NC1CCCNC1)c1c[nH]cc1-c1ccc(F)cc1. The molecule has 110 valence electrons. The van der Waals surface area contributed by atoms with Gasteiger partial charge in [0.2, 0.25) is 0 Å². The maximum Gasteiger partial charge on any atom is 0.253 e. The van der Waals surface area contributed by atoms with Gasteiger partial charge in [-0.15, -0.1) is 0 Å². The summed E-state index contributed by atoms with van der Waals surface area (Å²) in [6.45, 7) is 1.82. The van der Waals surface area contributed by atoms with Gasteiger partial charge in [-0.1, -0.05) is 12.1 Å². The topological polar surface area (TPSA) is 56.9 Å². The van der Waals surface area contributed by atoms with Crippen molar-refractivity contribution in [1.29, 1.82) is 0 Å². The second-order valence-electron chi connectivity index (χ2n) is 5.31. The van der Waals surface area contributed by atoms with E-state index < -0.39 is 0 Å². The van der Waals surface area contributed by atoms with E-state index in [-0.39, 0.29) is 17.8 Å². The van der Waals surface area contributed by atoms with Crippen LogP contribution in [0.1, 0.15) is 23.2 Å². The van der Waals surface area contributed by atoms with Crippen LogP contribution in [0.4, 0.5) is 4.39 Å². The standard InChI is InChI=1S/C16H18FN3O/c17-12-5-3-11(4-6-12)14-9-19-10-15(14)16(21)20-13-2-1-7-18-8-13/h3-6,9-10,13,18-19H,1-2,7-8H2,(H,20,21). The van der Waals surface area contributed by atoms with E-state index >= 15 is 0 Å². The van der Waals surface area contributed by atoms with Gasteiger partial charge < -0.3 is 15.6 Å². The molecule has 0 spiro atoms. The molecule has 1 aromatic carbocycles. The average Bonchev–Trinajstić information content (AvgIpc) is 2.98. The summed E-state index contributed by atoms with van der Waals surface area (Å²) in [6, 6.07) is 6.32. The highest BCUT2D eigenvalue weighted by molar-refractivity contribution is 6.00. The quantitative estimate of drug-likeness (QED) is 0.811. The van der Waals surface area contributed by atoms with Crippen molar-refractivity contribution in [3.8, 4) is 11.1 Å². The molecule has 4 nitrogen and oxygen atoms in total. The van der Waals surface area contributed by atoms with Crippen LogP contribution in [0.15, 0.2) is 36.7 Å². The van der Waals surface area contributed by atoms with Crippen molar-refractivity contribution in [2.24, 2.45) is 0 Å². The molecule has 0 aliphatic carbocycles. The first kappa shape index (κ1) is 13.8. The number of carbonyl (C=O) groups excluding carboxylic acids is 1.